The molecule has 1 aliphatic heterocycles. The summed E-state index contributed by atoms with van der Waals surface area (Å²) in [7, 11) is 0. The van der Waals surface area contributed by atoms with Crippen LogP contribution in [0.3, 0.4) is 0 Å². The zero-order valence-corrected chi connectivity index (χ0v) is 23.1. The van der Waals surface area contributed by atoms with Crippen molar-refractivity contribution in [2.45, 2.75) is 77.9 Å². The van der Waals surface area contributed by atoms with E-state index in [1.807, 2.05) is 22.9 Å². The van der Waals surface area contributed by atoms with Crippen molar-refractivity contribution >= 4 is 22.9 Å². The minimum Gasteiger partial charge on any atom is -0.408 e. The van der Waals surface area contributed by atoms with Crippen LogP contribution < -0.4 is 16.4 Å². The molecular formula is C29H40N6O4. The number of carbonyl (C=O) groups excluding carboxylic acids is 2. The van der Waals surface area contributed by atoms with Crippen molar-refractivity contribution in [2.75, 3.05) is 26.2 Å². The summed E-state index contributed by atoms with van der Waals surface area (Å²) in [6.45, 7) is 8.36. The predicted molar refractivity (Wildman–Crippen MR) is 149 cm³/mol. The van der Waals surface area contributed by atoms with E-state index < -0.39 is 0 Å². The minimum atomic E-state index is -0.360. The number of nitrogens with one attached hydrogen (secondary N) is 2. The summed E-state index contributed by atoms with van der Waals surface area (Å²) in [5, 5.41) is 11.0. The van der Waals surface area contributed by atoms with Crippen molar-refractivity contribution in [1.82, 2.24) is 29.9 Å². The Bertz CT molecular complexity index is 1370. The smallest absolute Gasteiger partial charge is 0.408 e. The zero-order valence-electron chi connectivity index (χ0n) is 23.1. The summed E-state index contributed by atoms with van der Waals surface area (Å²) < 4.78 is 9.06. The van der Waals surface area contributed by atoms with Crippen LogP contribution in [0.15, 0.2) is 33.5 Å². The van der Waals surface area contributed by atoms with Crippen LogP contribution in [0.1, 0.15) is 67.7 Å². The number of hydrogen-bond donors (Lipinski definition) is 2. The monoisotopic (exact) mass is 536 g/mol. The molecule has 1 atom stereocenters. The number of hydrogen-bond acceptors (Lipinski definition) is 6. The van der Waals surface area contributed by atoms with Crippen LogP contribution in [0, 0.1) is 5.92 Å². The number of para-hydroxylation sites is 2. The third kappa shape index (κ3) is 6.43. The molecular weight excluding hydrogens is 496 g/mol. The molecule has 0 saturated heterocycles. The van der Waals surface area contributed by atoms with Gasteiger partial charge in [0, 0.05) is 49.9 Å². The molecule has 1 unspecified atom stereocenters. The van der Waals surface area contributed by atoms with Gasteiger partial charge in [-0.2, -0.15) is 5.10 Å². The van der Waals surface area contributed by atoms with Gasteiger partial charge in [-0.1, -0.05) is 26.0 Å². The third-order valence-electron chi connectivity index (χ3n) is 7.87. The lowest BCUT2D eigenvalue weighted by atomic mass is 9.91. The first kappa shape index (κ1) is 27.2. The highest BCUT2D eigenvalue weighted by molar-refractivity contribution is 5.94. The molecule has 0 radical (unpaired) electrons. The Morgan fingerprint density at radius 3 is 2.72 bits per heavy atom. The number of amides is 2. The lowest BCUT2D eigenvalue weighted by Gasteiger charge is -2.25. The standard InChI is InChI=1S/C29H40N6O4/c1-20(2)12-16-35-23-11-10-21-19-22(23)27(32-35)28(37)30-13-6-15-33(14-5-9-26(36)31-21)17-18-34-24-7-3-4-8-25(24)39-29(34)38/h3-4,7-8,20-21H,5-6,9-19H2,1-2H3,(H,30,37)(H,31,36). The van der Waals surface area contributed by atoms with Crippen molar-refractivity contribution in [1.29, 1.82) is 0 Å². The maximum Gasteiger partial charge on any atom is 0.419 e. The van der Waals surface area contributed by atoms with Gasteiger partial charge in [-0.25, -0.2) is 4.79 Å². The quantitative estimate of drug-likeness (QED) is 0.501. The first-order valence-electron chi connectivity index (χ1n) is 14.4. The average molecular weight is 537 g/mol. The van der Waals surface area contributed by atoms with Gasteiger partial charge < -0.3 is 20.0 Å². The molecule has 0 spiro atoms. The Balaban J connectivity index is 1.28. The SMILES string of the molecule is CC(C)CCn1nc2c3c1CCC(C3)NC(=O)CCCN(CCn1c(=O)oc3ccccc31)CCCNC2=O. The number of aromatic nitrogens is 3. The zero-order chi connectivity index (χ0) is 27.4. The Morgan fingerprint density at radius 1 is 1.05 bits per heavy atom. The minimum absolute atomic E-state index is 0.0155. The Labute approximate surface area is 228 Å². The Kier molecular flexibility index (Phi) is 8.50. The molecule has 2 amide bonds. The van der Waals surface area contributed by atoms with Crippen LogP contribution in [0.2, 0.25) is 0 Å². The van der Waals surface area contributed by atoms with E-state index in [0.717, 1.165) is 68.5 Å². The average Bonchev–Trinajstić information content (AvgIpc) is 3.43. The predicted octanol–water partition coefficient (Wildman–Crippen LogP) is 2.73. The fourth-order valence-electron chi connectivity index (χ4n) is 5.71. The largest absolute Gasteiger partial charge is 0.419 e. The number of rotatable bonds is 6. The number of fused-ring (bicyclic) bond motifs is 2. The van der Waals surface area contributed by atoms with E-state index in [2.05, 4.69) is 29.4 Å². The molecule has 0 fully saturated rings. The second-order valence-electron chi connectivity index (χ2n) is 11.2. The molecule has 2 N–H and O–H groups in total. The number of carbonyl (C=O) groups is 2. The van der Waals surface area contributed by atoms with E-state index in [4.69, 9.17) is 9.52 Å². The van der Waals surface area contributed by atoms with E-state index in [1.54, 1.807) is 10.6 Å². The van der Waals surface area contributed by atoms with Crippen molar-refractivity contribution in [2.24, 2.45) is 5.92 Å². The Morgan fingerprint density at radius 2 is 1.87 bits per heavy atom. The highest BCUT2D eigenvalue weighted by Crippen LogP contribution is 2.26. The molecule has 5 rings (SSSR count). The highest BCUT2D eigenvalue weighted by atomic mass is 16.4. The van der Waals surface area contributed by atoms with Gasteiger partial charge in [-0.05, 0) is 69.7 Å². The maximum absolute atomic E-state index is 13.2. The molecule has 39 heavy (non-hydrogen) atoms. The summed E-state index contributed by atoms with van der Waals surface area (Å²) in [4.78, 5) is 40.7. The molecule has 1 aliphatic carbocycles. The molecule has 3 aromatic rings. The lowest BCUT2D eigenvalue weighted by molar-refractivity contribution is -0.122. The fraction of sp³-hybridized carbons (Fsp3) is 0.586. The fourth-order valence-corrected chi connectivity index (χ4v) is 5.71. The molecule has 2 aromatic heterocycles. The number of nitrogens with zero attached hydrogens (tertiary/aromatic N) is 4. The van der Waals surface area contributed by atoms with Crippen LogP contribution in [0.25, 0.3) is 11.1 Å². The van der Waals surface area contributed by atoms with Crippen LogP contribution >= 0.6 is 0 Å². The van der Waals surface area contributed by atoms with E-state index >= 15 is 0 Å². The molecule has 210 valence electrons. The first-order chi connectivity index (χ1) is 18.9. The second kappa shape index (κ2) is 12.2. The van der Waals surface area contributed by atoms with Gasteiger partial charge in [-0.3, -0.25) is 18.8 Å². The van der Waals surface area contributed by atoms with E-state index in [9.17, 15) is 14.4 Å². The molecule has 2 aliphatic rings. The first-order valence-corrected chi connectivity index (χ1v) is 14.4. The van der Waals surface area contributed by atoms with Crippen LogP contribution in [0.5, 0.6) is 0 Å². The van der Waals surface area contributed by atoms with Crippen LogP contribution in [-0.4, -0.2) is 63.3 Å². The molecule has 10 heteroatoms. The number of benzene rings is 1. The highest BCUT2D eigenvalue weighted by Gasteiger charge is 2.30. The van der Waals surface area contributed by atoms with Gasteiger partial charge in [0.2, 0.25) is 5.91 Å². The summed E-state index contributed by atoms with van der Waals surface area (Å²) in [6.07, 6.45) is 5.26. The summed E-state index contributed by atoms with van der Waals surface area (Å²) in [5.74, 6) is 0.103. The van der Waals surface area contributed by atoms with Gasteiger partial charge in [0.25, 0.3) is 5.91 Å². The molecule has 2 bridgehead atoms. The van der Waals surface area contributed by atoms with Gasteiger partial charge in [0.1, 0.15) is 0 Å². The van der Waals surface area contributed by atoms with Gasteiger partial charge in [-0.15, -0.1) is 0 Å². The van der Waals surface area contributed by atoms with Gasteiger partial charge in [0.15, 0.2) is 11.3 Å². The third-order valence-corrected chi connectivity index (χ3v) is 7.87. The van der Waals surface area contributed by atoms with Crippen molar-refractivity contribution < 1.29 is 14.0 Å². The number of aryl methyl sites for hydroxylation is 1. The van der Waals surface area contributed by atoms with Crippen molar-refractivity contribution in [3.8, 4) is 0 Å². The molecule has 10 nitrogen and oxygen atoms in total. The van der Waals surface area contributed by atoms with E-state index in [1.165, 1.54) is 0 Å². The van der Waals surface area contributed by atoms with Gasteiger partial charge in [0.05, 0.1) is 5.52 Å². The summed E-state index contributed by atoms with van der Waals surface area (Å²) in [6, 6.07) is 7.45. The topological polar surface area (TPSA) is 114 Å². The molecule has 0 saturated carbocycles. The van der Waals surface area contributed by atoms with E-state index in [-0.39, 0.29) is 23.6 Å². The normalized spacial score (nSPS) is 19.5. The van der Waals surface area contributed by atoms with E-state index in [0.29, 0.717) is 49.7 Å². The second-order valence-corrected chi connectivity index (χ2v) is 11.2. The van der Waals surface area contributed by atoms with Crippen molar-refractivity contribution in [3.05, 3.63) is 51.8 Å². The van der Waals surface area contributed by atoms with Crippen LogP contribution in [-0.2, 0) is 30.7 Å². The van der Waals surface area contributed by atoms with Crippen molar-refractivity contribution in [3.63, 3.8) is 0 Å². The lowest BCUT2D eigenvalue weighted by Crippen LogP contribution is -2.39. The Hall–Kier alpha value is -3.40. The van der Waals surface area contributed by atoms with Crippen LogP contribution in [0.4, 0.5) is 0 Å². The number of oxazole rings is 1. The molecule has 1 aromatic carbocycles. The summed E-state index contributed by atoms with van der Waals surface area (Å²) >= 11 is 0. The summed E-state index contributed by atoms with van der Waals surface area (Å²) in [5.41, 5.74) is 4.00. The van der Waals surface area contributed by atoms with Gasteiger partial charge >= 0.3 is 5.76 Å². The maximum atomic E-state index is 13.2. The molecule has 3 heterocycles.